The zero-order valence-corrected chi connectivity index (χ0v) is 12.9. The summed E-state index contributed by atoms with van der Waals surface area (Å²) in [5.41, 5.74) is 7.88. The minimum absolute atomic E-state index is 0.00450. The standard InChI is InChI=1S/C20H18N2/c1-12-19-18(14-8-4-5-9-16(14)21-12)15-11-20(19,2)22-17-10-6-3-7-13(15)17/h3-10,15,22H,11H2,1-2H3. The maximum Gasteiger partial charge on any atom is 0.0708 e. The van der Waals surface area contributed by atoms with E-state index in [1.54, 1.807) is 0 Å². The van der Waals surface area contributed by atoms with Gasteiger partial charge in [-0.2, -0.15) is 0 Å². The molecule has 2 heteroatoms. The molecule has 2 unspecified atom stereocenters. The van der Waals surface area contributed by atoms with Gasteiger partial charge in [0, 0.05) is 28.2 Å². The van der Waals surface area contributed by atoms with Crippen LogP contribution in [0.15, 0.2) is 48.5 Å². The van der Waals surface area contributed by atoms with E-state index < -0.39 is 0 Å². The van der Waals surface area contributed by atoms with Crippen LogP contribution >= 0.6 is 0 Å². The van der Waals surface area contributed by atoms with Crippen LogP contribution in [0.4, 0.5) is 5.69 Å². The quantitative estimate of drug-likeness (QED) is 0.647. The fourth-order valence-electron chi connectivity index (χ4n) is 4.63. The Labute approximate surface area is 130 Å². The number of pyridine rings is 1. The van der Waals surface area contributed by atoms with Crippen LogP contribution in [-0.4, -0.2) is 4.98 Å². The van der Waals surface area contributed by atoms with Gasteiger partial charge in [0.05, 0.1) is 11.1 Å². The summed E-state index contributed by atoms with van der Waals surface area (Å²) in [5, 5.41) is 5.10. The fraction of sp³-hybridized carbons (Fsp3) is 0.250. The van der Waals surface area contributed by atoms with Gasteiger partial charge in [0.2, 0.25) is 0 Å². The highest BCUT2D eigenvalue weighted by Crippen LogP contribution is 2.56. The Morgan fingerprint density at radius 3 is 2.77 bits per heavy atom. The van der Waals surface area contributed by atoms with Crippen molar-refractivity contribution in [3.05, 3.63) is 70.9 Å². The summed E-state index contributed by atoms with van der Waals surface area (Å²) in [4.78, 5) is 4.88. The molecule has 2 nitrogen and oxygen atoms in total. The third-order valence-electron chi connectivity index (χ3n) is 5.37. The number of benzene rings is 2. The van der Waals surface area contributed by atoms with Crippen LogP contribution in [0, 0.1) is 6.92 Å². The summed E-state index contributed by atoms with van der Waals surface area (Å²) in [5.74, 6) is 0.476. The normalized spacial score (nSPS) is 24.7. The molecule has 22 heavy (non-hydrogen) atoms. The molecule has 0 radical (unpaired) electrons. The Bertz CT molecular complexity index is 928. The van der Waals surface area contributed by atoms with Crippen molar-refractivity contribution >= 4 is 16.6 Å². The highest BCUT2D eigenvalue weighted by Gasteiger charge is 2.47. The fourth-order valence-corrected chi connectivity index (χ4v) is 4.63. The molecule has 0 saturated carbocycles. The van der Waals surface area contributed by atoms with Crippen LogP contribution in [0.25, 0.3) is 10.9 Å². The van der Waals surface area contributed by atoms with Gasteiger partial charge in [0.25, 0.3) is 0 Å². The molecule has 5 rings (SSSR count). The third kappa shape index (κ3) is 1.38. The van der Waals surface area contributed by atoms with Crippen molar-refractivity contribution in [2.45, 2.75) is 31.7 Å². The van der Waals surface area contributed by atoms with E-state index >= 15 is 0 Å². The summed E-state index contributed by atoms with van der Waals surface area (Å²) in [6, 6.07) is 17.3. The molecule has 2 aromatic carbocycles. The lowest BCUT2D eigenvalue weighted by atomic mass is 9.85. The van der Waals surface area contributed by atoms with Crippen LogP contribution in [0.2, 0.25) is 0 Å². The minimum Gasteiger partial charge on any atom is -0.375 e. The van der Waals surface area contributed by atoms with E-state index in [-0.39, 0.29) is 5.54 Å². The monoisotopic (exact) mass is 286 g/mol. The first kappa shape index (κ1) is 12.2. The number of aromatic nitrogens is 1. The Morgan fingerprint density at radius 2 is 1.86 bits per heavy atom. The molecule has 0 fully saturated rings. The lowest BCUT2D eigenvalue weighted by molar-refractivity contribution is 0.494. The number of nitrogens with one attached hydrogen (secondary N) is 1. The topological polar surface area (TPSA) is 24.9 Å². The summed E-state index contributed by atoms with van der Waals surface area (Å²) in [6.45, 7) is 4.48. The maximum atomic E-state index is 4.88. The van der Waals surface area contributed by atoms with Crippen LogP contribution in [-0.2, 0) is 5.54 Å². The lowest BCUT2D eigenvalue weighted by Crippen LogP contribution is -2.33. The van der Waals surface area contributed by atoms with Gasteiger partial charge in [-0.05, 0) is 43.5 Å². The van der Waals surface area contributed by atoms with Gasteiger partial charge in [-0.25, -0.2) is 0 Å². The maximum absolute atomic E-state index is 4.88. The first-order valence-corrected chi connectivity index (χ1v) is 7.94. The molecule has 2 bridgehead atoms. The number of hydrogen-bond acceptors (Lipinski definition) is 2. The summed E-state index contributed by atoms with van der Waals surface area (Å²) in [6.07, 6.45) is 1.12. The summed E-state index contributed by atoms with van der Waals surface area (Å²) in [7, 11) is 0. The Balaban J connectivity index is 1.93. The molecule has 2 atom stereocenters. The predicted molar refractivity (Wildman–Crippen MR) is 90.4 cm³/mol. The van der Waals surface area contributed by atoms with Crippen molar-refractivity contribution in [3.8, 4) is 0 Å². The van der Waals surface area contributed by atoms with Gasteiger partial charge in [0.15, 0.2) is 0 Å². The van der Waals surface area contributed by atoms with Gasteiger partial charge in [-0.1, -0.05) is 36.4 Å². The molecule has 1 N–H and O–H groups in total. The van der Waals surface area contributed by atoms with Crippen molar-refractivity contribution in [2.75, 3.05) is 5.32 Å². The van der Waals surface area contributed by atoms with E-state index in [1.165, 1.54) is 33.5 Å². The number of para-hydroxylation sites is 2. The molecule has 0 amide bonds. The molecule has 2 aliphatic rings. The number of hydrogen-bond donors (Lipinski definition) is 1. The van der Waals surface area contributed by atoms with E-state index in [1.807, 2.05) is 0 Å². The molecular formula is C20H18N2. The number of fused-ring (bicyclic) bond motifs is 9. The first-order valence-electron chi connectivity index (χ1n) is 7.94. The summed E-state index contributed by atoms with van der Waals surface area (Å²) >= 11 is 0. The van der Waals surface area contributed by atoms with E-state index in [0.717, 1.165) is 11.9 Å². The SMILES string of the molecule is Cc1nc2ccccc2c2c1C1(C)CC2c2ccccc2N1. The highest BCUT2D eigenvalue weighted by molar-refractivity contribution is 5.88. The zero-order valence-electron chi connectivity index (χ0n) is 12.9. The number of aryl methyl sites for hydroxylation is 1. The van der Waals surface area contributed by atoms with Crippen LogP contribution in [0.1, 0.15) is 41.6 Å². The third-order valence-corrected chi connectivity index (χ3v) is 5.37. The van der Waals surface area contributed by atoms with Gasteiger partial charge in [-0.3, -0.25) is 4.98 Å². The second-order valence-electron chi connectivity index (χ2n) is 6.80. The van der Waals surface area contributed by atoms with Gasteiger partial charge >= 0.3 is 0 Å². The summed E-state index contributed by atoms with van der Waals surface area (Å²) < 4.78 is 0. The van der Waals surface area contributed by atoms with Gasteiger partial charge in [0.1, 0.15) is 0 Å². The molecule has 2 heterocycles. The Morgan fingerprint density at radius 1 is 1.09 bits per heavy atom. The van der Waals surface area contributed by atoms with Crippen LogP contribution in [0.3, 0.4) is 0 Å². The minimum atomic E-state index is -0.00450. The molecule has 108 valence electrons. The molecule has 0 saturated heterocycles. The van der Waals surface area contributed by atoms with Gasteiger partial charge in [-0.15, -0.1) is 0 Å². The second kappa shape index (κ2) is 3.89. The lowest BCUT2D eigenvalue weighted by Gasteiger charge is -2.34. The molecule has 1 aliphatic heterocycles. The Hall–Kier alpha value is -2.35. The van der Waals surface area contributed by atoms with E-state index in [9.17, 15) is 0 Å². The van der Waals surface area contributed by atoms with Crippen LogP contribution < -0.4 is 5.32 Å². The van der Waals surface area contributed by atoms with Gasteiger partial charge < -0.3 is 5.32 Å². The highest BCUT2D eigenvalue weighted by atomic mass is 15.0. The van der Waals surface area contributed by atoms with Crippen molar-refractivity contribution < 1.29 is 0 Å². The van der Waals surface area contributed by atoms with E-state index in [0.29, 0.717) is 5.92 Å². The predicted octanol–water partition coefficient (Wildman–Crippen LogP) is 4.72. The molecule has 1 aromatic heterocycles. The number of nitrogens with zero attached hydrogens (tertiary/aromatic N) is 1. The smallest absolute Gasteiger partial charge is 0.0708 e. The second-order valence-corrected chi connectivity index (χ2v) is 6.80. The number of anilines is 1. The zero-order chi connectivity index (χ0) is 14.9. The van der Waals surface area contributed by atoms with Crippen molar-refractivity contribution in [1.29, 1.82) is 0 Å². The molecule has 3 aromatic rings. The van der Waals surface area contributed by atoms with Crippen LogP contribution in [0.5, 0.6) is 0 Å². The Kier molecular flexibility index (Phi) is 2.16. The first-order chi connectivity index (χ1) is 10.7. The average Bonchev–Trinajstić information content (AvgIpc) is 2.77. The van der Waals surface area contributed by atoms with Crippen molar-refractivity contribution in [2.24, 2.45) is 0 Å². The van der Waals surface area contributed by atoms with E-state index in [4.69, 9.17) is 4.98 Å². The average molecular weight is 286 g/mol. The van der Waals surface area contributed by atoms with E-state index in [2.05, 4.69) is 67.7 Å². The van der Waals surface area contributed by atoms with Crippen molar-refractivity contribution in [3.63, 3.8) is 0 Å². The van der Waals surface area contributed by atoms with Crippen molar-refractivity contribution in [1.82, 2.24) is 4.98 Å². The molecular weight excluding hydrogens is 268 g/mol. The largest absolute Gasteiger partial charge is 0.375 e. The molecule has 0 spiro atoms. The number of rotatable bonds is 0. The molecule has 1 aliphatic carbocycles.